The third-order valence-corrected chi connectivity index (χ3v) is 3.90. The molecule has 1 aromatic carbocycles. The zero-order valence-corrected chi connectivity index (χ0v) is 11.4. The van der Waals surface area contributed by atoms with Crippen LogP contribution < -0.4 is 4.72 Å². The molecule has 0 aromatic heterocycles. The number of nitro groups is 1. The van der Waals surface area contributed by atoms with Crippen LogP contribution in [0.1, 0.15) is 6.92 Å². The first kappa shape index (κ1) is 16.9. The molecular weight excluding hydrogens is 311 g/mol. The van der Waals surface area contributed by atoms with Crippen molar-refractivity contribution < 1.29 is 32.7 Å². The van der Waals surface area contributed by atoms with Crippen LogP contribution in [0.3, 0.4) is 0 Å². The van der Waals surface area contributed by atoms with Gasteiger partial charge < -0.3 is 10.2 Å². The Morgan fingerprint density at radius 2 is 2.05 bits per heavy atom. The molecule has 0 aliphatic carbocycles. The minimum absolute atomic E-state index is 0.390. The first-order chi connectivity index (χ1) is 9.56. The number of aliphatic carboxylic acids is 1. The van der Waals surface area contributed by atoms with Gasteiger partial charge in [-0.1, -0.05) is 0 Å². The second kappa shape index (κ2) is 6.11. The summed E-state index contributed by atoms with van der Waals surface area (Å²) in [4.78, 5) is 19.5. The molecule has 0 saturated carbocycles. The van der Waals surface area contributed by atoms with Crippen LogP contribution in [-0.2, 0) is 14.8 Å². The summed E-state index contributed by atoms with van der Waals surface area (Å²) in [5, 5.41) is 28.4. The molecule has 0 aliphatic rings. The van der Waals surface area contributed by atoms with Crippen LogP contribution in [0.4, 0.5) is 10.1 Å². The maximum absolute atomic E-state index is 13.4. The molecule has 0 saturated heterocycles. The first-order valence-corrected chi connectivity index (χ1v) is 6.91. The monoisotopic (exact) mass is 322 g/mol. The summed E-state index contributed by atoms with van der Waals surface area (Å²) in [6, 6.07) is -0.0539. The highest BCUT2D eigenvalue weighted by Crippen LogP contribution is 2.21. The van der Waals surface area contributed by atoms with Gasteiger partial charge in [-0.25, -0.2) is 8.42 Å². The second-order valence-corrected chi connectivity index (χ2v) is 5.76. The fourth-order valence-electron chi connectivity index (χ4n) is 1.39. The van der Waals surface area contributed by atoms with Gasteiger partial charge in [0.15, 0.2) is 0 Å². The molecule has 0 heterocycles. The lowest BCUT2D eigenvalue weighted by Gasteiger charge is -2.17. The number of aliphatic hydroxyl groups excluding tert-OH is 1. The number of hydrogen-bond donors (Lipinski definition) is 3. The van der Waals surface area contributed by atoms with E-state index in [9.17, 15) is 32.8 Å². The van der Waals surface area contributed by atoms with Crippen LogP contribution in [-0.4, -0.2) is 41.7 Å². The standard InChI is InChI=1S/C10H11FN2O7S/c1-5(14)9(10(15)16)12-21(19,20)6-2-3-8(13(17)18)7(11)4-6/h2-5,9,12,14H,1H3,(H,15,16)/t5-,9+/m1/s1. The van der Waals surface area contributed by atoms with Crippen molar-refractivity contribution in [2.24, 2.45) is 0 Å². The van der Waals surface area contributed by atoms with E-state index >= 15 is 0 Å². The van der Waals surface area contributed by atoms with Gasteiger partial charge in [-0.15, -0.1) is 0 Å². The number of sulfonamides is 1. The molecule has 0 fully saturated rings. The van der Waals surface area contributed by atoms with Crippen molar-refractivity contribution in [3.05, 3.63) is 34.1 Å². The van der Waals surface area contributed by atoms with Gasteiger partial charge in [-0.2, -0.15) is 9.11 Å². The molecule has 21 heavy (non-hydrogen) atoms. The van der Waals surface area contributed by atoms with Crippen molar-refractivity contribution in [2.75, 3.05) is 0 Å². The SMILES string of the molecule is C[C@@H](O)[C@H](NS(=O)(=O)c1ccc([N+](=O)[O-])c(F)c1)C(=O)O. The minimum Gasteiger partial charge on any atom is -0.480 e. The average molecular weight is 322 g/mol. The maximum atomic E-state index is 13.4. The minimum atomic E-state index is -4.47. The average Bonchev–Trinajstić information content (AvgIpc) is 2.34. The van der Waals surface area contributed by atoms with Gasteiger partial charge in [-0.05, 0) is 13.0 Å². The molecule has 0 unspecified atom stereocenters. The predicted molar refractivity (Wildman–Crippen MR) is 66.5 cm³/mol. The van der Waals surface area contributed by atoms with Crippen molar-refractivity contribution >= 4 is 21.7 Å². The Kier molecular flexibility index (Phi) is 4.93. The third kappa shape index (κ3) is 3.93. The largest absolute Gasteiger partial charge is 0.480 e. The van der Waals surface area contributed by atoms with Crippen molar-refractivity contribution in [1.82, 2.24) is 4.72 Å². The lowest BCUT2D eigenvalue weighted by molar-refractivity contribution is -0.387. The van der Waals surface area contributed by atoms with Crippen molar-refractivity contribution in [3.8, 4) is 0 Å². The summed E-state index contributed by atoms with van der Waals surface area (Å²) in [5.41, 5.74) is -0.917. The van der Waals surface area contributed by atoms with E-state index in [0.29, 0.717) is 12.1 Å². The Hall–Kier alpha value is -2.11. The Morgan fingerprint density at radius 3 is 2.43 bits per heavy atom. The van der Waals surface area contributed by atoms with Crippen molar-refractivity contribution in [1.29, 1.82) is 0 Å². The number of carboxylic acids is 1. The van der Waals surface area contributed by atoms with E-state index in [1.807, 2.05) is 0 Å². The molecule has 0 amide bonds. The summed E-state index contributed by atoms with van der Waals surface area (Å²) >= 11 is 0. The molecule has 116 valence electrons. The lowest BCUT2D eigenvalue weighted by atomic mass is 10.2. The third-order valence-electron chi connectivity index (χ3n) is 2.46. The van der Waals surface area contributed by atoms with E-state index in [0.717, 1.165) is 13.0 Å². The zero-order chi connectivity index (χ0) is 16.4. The molecule has 2 atom stereocenters. The molecule has 0 bridgehead atoms. The number of nitrogens with zero attached hydrogens (tertiary/aromatic N) is 1. The fraction of sp³-hybridized carbons (Fsp3) is 0.300. The maximum Gasteiger partial charge on any atom is 0.324 e. The summed E-state index contributed by atoms with van der Waals surface area (Å²) < 4.78 is 38.8. The molecule has 1 rings (SSSR count). The Labute approximate surface area is 118 Å². The molecule has 9 nitrogen and oxygen atoms in total. The Morgan fingerprint density at radius 1 is 1.48 bits per heavy atom. The van der Waals surface area contributed by atoms with Gasteiger partial charge in [0.2, 0.25) is 15.8 Å². The fourth-order valence-corrected chi connectivity index (χ4v) is 2.67. The lowest BCUT2D eigenvalue weighted by Crippen LogP contribution is -2.47. The van der Waals surface area contributed by atoms with Gasteiger partial charge >= 0.3 is 11.7 Å². The quantitative estimate of drug-likeness (QED) is 0.487. The number of aliphatic hydroxyl groups is 1. The van der Waals surface area contributed by atoms with Gasteiger partial charge in [0.05, 0.1) is 15.9 Å². The van der Waals surface area contributed by atoms with Crippen LogP contribution >= 0.6 is 0 Å². The first-order valence-electron chi connectivity index (χ1n) is 5.43. The molecule has 0 radical (unpaired) electrons. The van der Waals surface area contributed by atoms with E-state index in [2.05, 4.69) is 0 Å². The predicted octanol–water partition coefficient (Wildman–Crippen LogP) is -0.154. The molecular formula is C10H11FN2O7S. The highest BCUT2D eigenvalue weighted by atomic mass is 32.2. The number of rotatable bonds is 6. The van der Waals surface area contributed by atoms with Gasteiger partial charge in [-0.3, -0.25) is 14.9 Å². The summed E-state index contributed by atoms with van der Waals surface area (Å²) in [7, 11) is -4.47. The molecule has 0 spiro atoms. The van der Waals surface area contributed by atoms with Gasteiger partial charge in [0, 0.05) is 12.1 Å². The molecule has 0 aliphatic heterocycles. The molecule has 11 heteroatoms. The van der Waals surface area contributed by atoms with Crippen LogP contribution in [0, 0.1) is 15.9 Å². The van der Waals surface area contributed by atoms with Crippen LogP contribution in [0.5, 0.6) is 0 Å². The number of carboxylic acid groups (broad SMARTS) is 1. The topological polar surface area (TPSA) is 147 Å². The normalized spacial score (nSPS) is 14.4. The number of nitro benzene ring substituents is 1. The smallest absolute Gasteiger partial charge is 0.324 e. The molecule has 1 aromatic rings. The van der Waals surface area contributed by atoms with E-state index in [1.165, 1.54) is 0 Å². The second-order valence-electron chi connectivity index (χ2n) is 4.05. The van der Waals surface area contributed by atoms with Crippen molar-refractivity contribution in [3.63, 3.8) is 0 Å². The zero-order valence-electron chi connectivity index (χ0n) is 10.6. The highest BCUT2D eigenvalue weighted by molar-refractivity contribution is 7.89. The number of nitrogens with one attached hydrogen (secondary N) is 1. The number of hydrogen-bond acceptors (Lipinski definition) is 6. The van der Waals surface area contributed by atoms with Crippen LogP contribution in [0.2, 0.25) is 0 Å². The summed E-state index contributed by atoms with van der Waals surface area (Å²) in [6.45, 7) is 1.05. The van der Waals surface area contributed by atoms with E-state index < -0.39 is 49.5 Å². The van der Waals surface area contributed by atoms with Crippen LogP contribution in [0.25, 0.3) is 0 Å². The molecule has 3 N–H and O–H groups in total. The van der Waals surface area contributed by atoms with Crippen molar-refractivity contribution in [2.45, 2.75) is 24.0 Å². The Balaban J connectivity index is 3.17. The van der Waals surface area contributed by atoms with Crippen LogP contribution in [0.15, 0.2) is 23.1 Å². The Bertz CT molecular complexity index is 674. The van der Waals surface area contributed by atoms with E-state index in [4.69, 9.17) is 5.11 Å². The summed E-state index contributed by atoms with van der Waals surface area (Å²) in [6.07, 6.45) is -1.54. The summed E-state index contributed by atoms with van der Waals surface area (Å²) in [5.74, 6) is -3.01. The van der Waals surface area contributed by atoms with E-state index in [-0.39, 0.29) is 0 Å². The number of carbonyl (C=O) groups is 1. The number of halogens is 1. The van der Waals surface area contributed by atoms with Gasteiger partial charge in [0.25, 0.3) is 0 Å². The van der Waals surface area contributed by atoms with E-state index in [1.54, 1.807) is 4.72 Å². The van der Waals surface area contributed by atoms with Gasteiger partial charge in [0.1, 0.15) is 6.04 Å². The number of benzene rings is 1. The highest BCUT2D eigenvalue weighted by Gasteiger charge is 2.30.